The number of alkyl halides is 1. The molecule has 0 aliphatic heterocycles. The van der Waals surface area contributed by atoms with Gasteiger partial charge >= 0.3 is 0 Å². The molecule has 0 bridgehead atoms. The van der Waals surface area contributed by atoms with Crippen molar-refractivity contribution in [3.05, 3.63) is 34.1 Å². The minimum atomic E-state index is -0.192. The largest absolute Gasteiger partial charge is 0.206 e. The van der Waals surface area contributed by atoms with Crippen molar-refractivity contribution in [2.75, 3.05) is 5.88 Å². The second-order valence-electron chi connectivity index (χ2n) is 5.72. The minimum absolute atomic E-state index is 0.192. The number of benzene rings is 1. The number of halogens is 3. The van der Waals surface area contributed by atoms with Crippen molar-refractivity contribution in [2.45, 2.75) is 25.7 Å². The number of hydrogen-bond donors (Lipinski definition) is 0. The third-order valence-electron chi connectivity index (χ3n) is 4.31. The number of fused-ring (bicyclic) bond motifs is 1. The molecule has 3 heteroatoms. The number of rotatable bonds is 3. The average molecular weight is 318 g/mol. The summed E-state index contributed by atoms with van der Waals surface area (Å²) in [6.45, 7) is 0. The summed E-state index contributed by atoms with van der Waals surface area (Å²) in [7, 11) is 0. The topological polar surface area (TPSA) is 0 Å². The predicted molar refractivity (Wildman–Crippen MR) is 71.8 cm³/mol. The molecule has 2 atom stereocenters. The van der Waals surface area contributed by atoms with Gasteiger partial charge in [0.05, 0.1) is 4.47 Å². The molecule has 0 spiro atoms. The van der Waals surface area contributed by atoms with Crippen molar-refractivity contribution < 1.29 is 4.39 Å². The van der Waals surface area contributed by atoms with Crippen LogP contribution < -0.4 is 0 Å². The summed E-state index contributed by atoms with van der Waals surface area (Å²) in [5.41, 5.74) is 1.46. The summed E-state index contributed by atoms with van der Waals surface area (Å²) in [4.78, 5) is 0. The fourth-order valence-electron chi connectivity index (χ4n) is 3.39. The lowest BCUT2D eigenvalue weighted by molar-refractivity contribution is 0.303. The molecule has 17 heavy (non-hydrogen) atoms. The Morgan fingerprint density at radius 3 is 2.65 bits per heavy atom. The van der Waals surface area contributed by atoms with Crippen LogP contribution in [0.3, 0.4) is 0 Å². The van der Waals surface area contributed by atoms with Crippen molar-refractivity contribution >= 4 is 27.5 Å². The highest BCUT2D eigenvalue weighted by atomic mass is 79.9. The zero-order chi connectivity index (χ0) is 12.0. The first-order valence-corrected chi connectivity index (χ1v) is 7.44. The van der Waals surface area contributed by atoms with Crippen molar-refractivity contribution in [3.8, 4) is 0 Å². The smallest absolute Gasteiger partial charge is 0.137 e. The maximum absolute atomic E-state index is 13.2. The first-order chi connectivity index (χ1) is 8.12. The highest BCUT2D eigenvalue weighted by Gasteiger charge is 2.53. The lowest BCUT2D eigenvalue weighted by Gasteiger charge is -2.28. The van der Waals surface area contributed by atoms with E-state index in [0.29, 0.717) is 4.47 Å². The van der Waals surface area contributed by atoms with E-state index in [9.17, 15) is 4.39 Å². The van der Waals surface area contributed by atoms with Gasteiger partial charge in [0, 0.05) is 5.88 Å². The van der Waals surface area contributed by atoms with Crippen LogP contribution in [0.2, 0.25) is 0 Å². The average Bonchev–Trinajstić information content (AvgIpc) is 2.93. The molecule has 3 rings (SSSR count). The van der Waals surface area contributed by atoms with Gasteiger partial charge in [-0.05, 0) is 76.6 Å². The van der Waals surface area contributed by atoms with Crippen molar-refractivity contribution in [1.29, 1.82) is 0 Å². The van der Waals surface area contributed by atoms with E-state index in [1.54, 1.807) is 0 Å². The van der Waals surface area contributed by atoms with E-state index in [1.807, 2.05) is 12.1 Å². The third kappa shape index (κ3) is 2.26. The Balaban J connectivity index is 1.78. The molecular formula is C14H15BrClF. The normalized spacial score (nSPS) is 34.8. The maximum atomic E-state index is 13.2. The molecule has 0 N–H and O–H groups in total. The molecular weight excluding hydrogens is 303 g/mol. The van der Waals surface area contributed by atoms with Crippen LogP contribution in [0.15, 0.2) is 22.7 Å². The highest BCUT2D eigenvalue weighted by Crippen LogP contribution is 2.61. The minimum Gasteiger partial charge on any atom is -0.206 e. The van der Waals surface area contributed by atoms with E-state index in [2.05, 4.69) is 15.9 Å². The first-order valence-electron chi connectivity index (χ1n) is 6.12. The molecule has 0 nitrogen and oxygen atoms in total. The molecule has 0 radical (unpaired) electrons. The number of hydrogen-bond acceptors (Lipinski definition) is 0. The molecule has 2 aliphatic rings. The Morgan fingerprint density at radius 2 is 2.06 bits per heavy atom. The Hall–Kier alpha value is -0.0800. The fourth-order valence-corrected chi connectivity index (χ4v) is 4.13. The molecule has 0 amide bonds. The second-order valence-corrected chi connectivity index (χ2v) is 6.84. The van der Waals surface area contributed by atoms with Crippen molar-refractivity contribution in [3.63, 3.8) is 0 Å². The van der Waals surface area contributed by atoms with E-state index < -0.39 is 0 Å². The molecule has 1 aromatic carbocycles. The monoisotopic (exact) mass is 316 g/mol. The Labute approximate surface area is 115 Å². The van der Waals surface area contributed by atoms with Crippen LogP contribution in [-0.4, -0.2) is 5.88 Å². The van der Waals surface area contributed by atoms with Gasteiger partial charge in [-0.2, -0.15) is 0 Å². The van der Waals surface area contributed by atoms with Crippen LogP contribution in [0.5, 0.6) is 0 Å². The summed E-state index contributed by atoms with van der Waals surface area (Å²) in [5, 5.41) is 0. The molecule has 0 saturated heterocycles. The second kappa shape index (κ2) is 4.24. The van der Waals surface area contributed by atoms with Crippen LogP contribution in [-0.2, 0) is 6.42 Å². The Kier molecular flexibility index (Phi) is 2.99. The third-order valence-corrected chi connectivity index (χ3v) is 5.48. The van der Waals surface area contributed by atoms with E-state index in [0.717, 1.165) is 24.1 Å². The van der Waals surface area contributed by atoms with Gasteiger partial charge in [-0.3, -0.25) is 0 Å². The molecule has 2 saturated carbocycles. The van der Waals surface area contributed by atoms with E-state index in [1.165, 1.54) is 30.9 Å². The van der Waals surface area contributed by atoms with Crippen LogP contribution in [0, 0.1) is 23.1 Å². The quantitative estimate of drug-likeness (QED) is 0.703. The highest BCUT2D eigenvalue weighted by molar-refractivity contribution is 9.10. The fraction of sp³-hybridized carbons (Fsp3) is 0.571. The molecule has 2 aliphatic carbocycles. The SMILES string of the molecule is Fc1ccc(CC2(CCl)CC3CC3C2)cc1Br. The first kappa shape index (κ1) is 12.0. The molecule has 2 fully saturated rings. The van der Waals surface area contributed by atoms with E-state index in [4.69, 9.17) is 11.6 Å². The summed E-state index contributed by atoms with van der Waals surface area (Å²) < 4.78 is 13.7. The standard InChI is InChI=1S/C14H15BrClF/c15-12-3-9(1-2-13(12)17)5-14(8-16)6-10-4-11(10)7-14/h1-3,10-11H,4-8H2. The van der Waals surface area contributed by atoms with E-state index in [-0.39, 0.29) is 11.2 Å². The lowest BCUT2D eigenvalue weighted by Crippen LogP contribution is -2.24. The van der Waals surface area contributed by atoms with Crippen molar-refractivity contribution in [1.82, 2.24) is 0 Å². The van der Waals surface area contributed by atoms with Gasteiger partial charge < -0.3 is 0 Å². The van der Waals surface area contributed by atoms with Crippen LogP contribution >= 0.6 is 27.5 Å². The van der Waals surface area contributed by atoms with E-state index >= 15 is 0 Å². The van der Waals surface area contributed by atoms with Crippen LogP contribution in [0.25, 0.3) is 0 Å². The summed E-state index contributed by atoms with van der Waals surface area (Å²) in [5.74, 6) is 2.40. The maximum Gasteiger partial charge on any atom is 0.137 e. The van der Waals surface area contributed by atoms with Gasteiger partial charge in [-0.15, -0.1) is 11.6 Å². The zero-order valence-corrected chi connectivity index (χ0v) is 11.9. The van der Waals surface area contributed by atoms with Gasteiger partial charge in [0.1, 0.15) is 5.82 Å². The lowest BCUT2D eigenvalue weighted by atomic mass is 9.79. The molecule has 0 heterocycles. The summed E-state index contributed by atoms with van der Waals surface area (Å²) in [6, 6.07) is 5.32. The van der Waals surface area contributed by atoms with Crippen LogP contribution in [0.4, 0.5) is 4.39 Å². The van der Waals surface area contributed by atoms with Gasteiger partial charge in [0.2, 0.25) is 0 Å². The Morgan fingerprint density at radius 1 is 1.35 bits per heavy atom. The Bertz CT molecular complexity index is 436. The molecule has 92 valence electrons. The van der Waals surface area contributed by atoms with Gasteiger partial charge in [-0.25, -0.2) is 4.39 Å². The summed E-state index contributed by atoms with van der Waals surface area (Å²) >= 11 is 9.43. The van der Waals surface area contributed by atoms with Gasteiger partial charge in [0.25, 0.3) is 0 Å². The molecule has 1 aromatic rings. The van der Waals surface area contributed by atoms with Gasteiger partial charge in [0.15, 0.2) is 0 Å². The van der Waals surface area contributed by atoms with Crippen LogP contribution in [0.1, 0.15) is 24.8 Å². The molecule has 0 aromatic heterocycles. The van der Waals surface area contributed by atoms with Gasteiger partial charge in [-0.1, -0.05) is 6.07 Å². The summed E-state index contributed by atoms with van der Waals surface area (Å²) in [6.07, 6.45) is 4.92. The zero-order valence-electron chi connectivity index (χ0n) is 9.56. The molecule has 2 unspecified atom stereocenters. The van der Waals surface area contributed by atoms with Crippen molar-refractivity contribution in [2.24, 2.45) is 17.3 Å². The predicted octanol–water partition coefficient (Wildman–Crippen LogP) is 4.79.